The molecule has 0 spiro atoms. The van der Waals surface area contributed by atoms with E-state index in [0.29, 0.717) is 5.91 Å². The summed E-state index contributed by atoms with van der Waals surface area (Å²) in [5.74, 6) is 1.37. The minimum atomic E-state index is 0.0522. The van der Waals surface area contributed by atoms with Crippen molar-refractivity contribution in [3.8, 4) is 0 Å². The van der Waals surface area contributed by atoms with Crippen LogP contribution in [0.1, 0.15) is 29.9 Å². The summed E-state index contributed by atoms with van der Waals surface area (Å²) in [4.78, 5) is 21.8. The van der Waals surface area contributed by atoms with Crippen LogP contribution in [0.2, 0.25) is 0 Å². The third-order valence-electron chi connectivity index (χ3n) is 5.23. The predicted molar refractivity (Wildman–Crippen MR) is 95.2 cm³/mol. The van der Waals surface area contributed by atoms with E-state index in [0.717, 1.165) is 51.3 Å². The topological polar surface area (TPSA) is 36.4 Å². The summed E-state index contributed by atoms with van der Waals surface area (Å²) in [5, 5.41) is 0. The molecule has 1 aromatic carbocycles. The Hall–Kier alpha value is -2.36. The number of hydrogen-bond donors (Lipinski definition) is 0. The van der Waals surface area contributed by atoms with Crippen molar-refractivity contribution in [1.82, 2.24) is 9.88 Å². The maximum absolute atomic E-state index is 13.1. The van der Waals surface area contributed by atoms with Gasteiger partial charge in [0, 0.05) is 32.4 Å². The van der Waals surface area contributed by atoms with Crippen LogP contribution in [-0.4, -0.2) is 42.0 Å². The standard InChI is InChI=1S/C20H23N3O/c24-20(18-9-5-7-16-6-1-2-8-17(16)18)23-14-12-22(13-15-23)19-10-3-4-11-21-19/h1-4,6,8,10-11,18H,5,7,9,12-15H2. The van der Waals surface area contributed by atoms with Crippen molar-refractivity contribution in [2.75, 3.05) is 31.1 Å². The molecule has 2 aliphatic rings. The van der Waals surface area contributed by atoms with Gasteiger partial charge in [0.1, 0.15) is 5.82 Å². The number of nitrogens with zero attached hydrogens (tertiary/aromatic N) is 3. The van der Waals surface area contributed by atoms with E-state index in [2.05, 4.69) is 34.1 Å². The summed E-state index contributed by atoms with van der Waals surface area (Å²) in [5.41, 5.74) is 2.61. The number of aromatic nitrogens is 1. The Morgan fingerprint density at radius 1 is 1.00 bits per heavy atom. The van der Waals surface area contributed by atoms with Gasteiger partial charge in [-0.25, -0.2) is 4.98 Å². The lowest BCUT2D eigenvalue weighted by Crippen LogP contribution is -2.50. The van der Waals surface area contributed by atoms with Gasteiger partial charge in [-0.2, -0.15) is 0 Å². The van der Waals surface area contributed by atoms with Crippen molar-refractivity contribution in [1.29, 1.82) is 0 Å². The normalized spacial score (nSPS) is 20.6. The van der Waals surface area contributed by atoms with E-state index in [9.17, 15) is 4.79 Å². The van der Waals surface area contributed by atoms with Gasteiger partial charge < -0.3 is 9.80 Å². The molecule has 4 heteroatoms. The Morgan fingerprint density at radius 2 is 1.79 bits per heavy atom. The van der Waals surface area contributed by atoms with Crippen molar-refractivity contribution >= 4 is 11.7 Å². The van der Waals surface area contributed by atoms with Gasteiger partial charge in [0.15, 0.2) is 0 Å². The second-order valence-corrected chi connectivity index (χ2v) is 6.64. The van der Waals surface area contributed by atoms with Gasteiger partial charge in [-0.1, -0.05) is 30.3 Å². The molecule has 1 saturated heterocycles. The van der Waals surface area contributed by atoms with Gasteiger partial charge in [-0.15, -0.1) is 0 Å². The fourth-order valence-electron chi connectivity index (χ4n) is 3.93. The van der Waals surface area contributed by atoms with Crippen LogP contribution in [0, 0.1) is 0 Å². The largest absolute Gasteiger partial charge is 0.353 e. The van der Waals surface area contributed by atoms with Crippen molar-refractivity contribution < 1.29 is 4.79 Å². The molecule has 1 aromatic heterocycles. The number of benzene rings is 1. The van der Waals surface area contributed by atoms with E-state index in [1.807, 2.05) is 29.3 Å². The molecule has 2 heterocycles. The first-order valence-electron chi connectivity index (χ1n) is 8.85. The van der Waals surface area contributed by atoms with Crippen LogP contribution in [0.25, 0.3) is 0 Å². The van der Waals surface area contributed by atoms with E-state index in [-0.39, 0.29) is 5.92 Å². The fraction of sp³-hybridized carbons (Fsp3) is 0.400. The quantitative estimate of drug-likeness (QED) is 0.853. The van der Waals surface area contributed by atoms with Crippen LogP contribution in [0.5, 0.6) is 0 Å². The smallest absolute Gasteiger partial charge is 0.230 e. The van der Waals surface area contributed by atoms with Crippen molar-refractivity contribution in [3.05, 3.63) is 59.8 Å². The number of fused-ring (bicyclic) bond motifs is 1. The van der Waals surface area contributed by atoms with E-state index < -0.39 is 0 Å². The van der Waals surface area contributed by atoms with E-state index >= 15 is 0 Å². The van der Waals surface area contributed by atoms with E-state index in [1.165, 1.54) is 11.1 Å². The fourth-order valence-corrected chi connectivity index (χ4v) is 3.93. The minimum absolute atomic E-state index is 0.0522. The van der Waals surface area contributed by atoms with Crippen LogP contribution in [-0.2, 0) is 11.2 Å². The number of aryl methyl sites for hydroxylation is 1. The zero-order valence-electron chi connectivity index (χ0n) is 13.9. The van der Waals surface area contributed by atoms with Crippen molar-refractivity contribution in [2.24, 2.45) is 0 Å². The first-order chi connectivity index (χ1) is 11.8. The Morgan fingerprint density at radius 3 is 2.58 bits per heavy atom. The monoisotopic (exact) mass is 321 g/mol. The number of amides is 1. The lowest BCUT2D eigenvalue weighted by molar-refractivity contribution is -0.133. The molecule has 1 aliphatic carbocycles. The molecule has 4 rings (SSSR count). The Kier molecular flexibility index (Phi) is 4.20. The molecule has 0 saturated carbocycles. The second-order valence-electron chi connectivity index (χ2n) is 6.64. The first-order valence-corrected chi connectivity index (χ1v) is 8.85. The number of pyridine rings is 1. The highest BCUT2D eigenvalue weighted by Crippen LogP contribution is 2.33. The molecule has 1 fully saturated rings. The zero-order valence-corrected chi connectivity index (χ0v) is 13.9. The summed E-state index contributed by atoms with van der Waals surface area (Å²) < 4.78 is 0. The number of carbonyl (C=O) groups is 1. The number of anilines is 1. The molecule has 24 heavy (non-hydrogen) atoms. The third kappa shape index (κ3) is 2.88. The van der Waals surface area contributed by atoms with Crippen LogP contribution in [0.15, 0.2) is 48.7 Å². The van der Waals surface area contributed by atoms with Crippen LogP contribution in [0.3, 0.4) is 0 Å². The summed E-state index contributed by atoms with van der Waals surface area (Å²) in [6.07, 6.45) is 5.02. The summed E-state index contributed by atoms with van der Waals surface area (Å²) in [6.45, 7) is 3.29. The highest BCUT2D eigenvalue weighted by atomic mass is 16.2. The lowest BCUT2D eigenvalue weighted by atomic mass is 9.82. The maximum atomic E-state index is 13.1. The maximum Gasteiger partial charge on any atom is 0.230 e. The molecule has 2 aromatic rings. The Labute approximate surface area is 143 Å². The average Bonchev–Trinajstić information content (AvgIpc) is 2.68. The van der Waals surface area contributed by atoms with Gasteiger partial charge in [0.2, 0.25) is 5.91 Å². The Bertz CT molecular complexity index is 708. The van der Waals surface area contributed by atoms with Gasteiger partial charge in [-0.3, -0.25) is 4.79 Å². The highest BCUT2D eigenvalue weighted by Gasteiger charge is 2.31. The molecule has 0 bridgehead atoms. The predicted octanol–water partition coefficient (Wildman–Crippen LogP) is 2.85. The van der Waals surface area contributed by atoms with Gasteiger partial charge in [-0.05, 0) is 42.5 Å². The Balaban J connectivity index is 1.44. The van der Waals surface area contributed by atoms with Crippen molar-refractivity contribution in [2.45, 2.75) is 25.2 Å². The minimum Gasteiger partial charge on any atom is -0.353 e. The van der Waals surface area contributed by atoms with Crippen LogP contribution < -0.4 is 4.90 Å². The number of piperazine rings is 1. The summed E-state index contributed by atoms with van der Waals surface area (Å²) >= 11 is 0. The van der Waals surface area contributed by atoms with Gasteiger partial charge in [0.25, 0.3) is 0 Å². The number of hydrogen-bond acceptors (Lipinski definition) is 3. The highest BCUT2D eigenvalue weighted by molar-refractivity contribution is 5.84. The van der Waals surface area contributed by atoms with Crippen LogP contribution in [0.4, 0.5) is 5.82 Å². The van der Waals surface area contributed by atoms with E-state index in [4.69, 9.17) is 0 Å². The summed E-state index contributed by atoms with van der Waals surface area (Å²) in [6, 6.07) is 14.4. The number of rotatable bonds is 2. The second kappa shape index (κ2) is 6.63. The third-order valence-corrected chi connectivity index (χ3v) is 5.23. The van der Waals surface area contributed by atoms with E-state index in [1.54, 1.807) is 0 Å². The molecule has 4 nitrogen and oxygen atoms in total. The molecule has 1 unspecified atom stereocenters. The molecule has 0 N–H and O–H groups in total. The SMILES string of the molecule is O=C(C1CCCc2ccccc21)N1CCN(c2ccccn2)CC1. The van der Waals surface area contributed by atoms with Crippen molar-refractivity contribution in [3.63, 3.8) is 0 Å². The van der Waals surface area contributed by atoms with Crippen LogP contribution >= 0.6 is 0 Å². The number of carbonyl (C=O) groups excluding carboxylic acids is 1. The molecule has 124 valence electrons. The molecular weight excluding hydrogens is 298 g/mol. The molecular formula is C20H23N3O. The lowest BCUT2D eigenvalue weighted by Gasteiger charge is -2.38. The zero-order chi connectivity index (χ0) is 16.4. The molecule has 0 radical (unpaired) electrons. The molecule has 1 amide bonds. The summed E-state index contributed by atoms with van der Waals surface area (Å²) in [7, 11) is 0. The average molecular weight is 321 g/mol. The van der Waals surface area contributed by atoms with Gasteiger partial charge in [0.05, 0.1) is 5.92 Å². The molecule has 1 aliphatic heterocycles. The van der Waals surface area contributed by atoms with Gasteiger partial charge >= 0.3 is 0 Å². The molecule has 1 atom stereocenters. The first kappa shape index (κ1) is 15.2.